The molecule has 0 aromatic carbocycles. The van der Waals surface area contributed by atoms with Crippen molar-refractivity contribution >= 4 is 5.97 Å². The van der Waals surface area contributed by atoms with Gasteiger partial charge >= 0.3 is 5.97 Å². The molecule has 5 nitrogen and oxygen atoms in total. The van der Waals surface area contributed by atoms with Crippen LogP contribution in [0.2, 0.25) is 0 Å². The molecule has 1 saturated carbocycles. The molecule has 1 saturated heterocycles. The maximum atomic E-state index is 11.5. The van der Waals surface area contributed by atoms with Crippen LogP contribution in [0.15, 0.2) is 0 Å². The molecule has 0 amide bonds. The maximum absolute atomic E-state index is 11.5. The summed E-state index contributed by atoms with van der Waals surface area (Å²) in [7, 11) is 1.40. The Morgan fingerprint density at radius 1 is 1.19 bits per heavy atom. The average Bonchev–Trinajstić information content (AvgIpc) is 3.28. The molecular formula is C16H31N3O2. The number of unbranched alkanes of at least 4 members (excludes halogenated alkanes) is 1. The number of carbonyl (C=O) groups is 1. The summed E-state index contributed by atoms with van der Waals surface area (Å²) < 4.78 is 4.73. The maximum Gasteiger partial charge on any atom is 0.325 e. The van der Waals surface area contributed by atoms with Gasteiger partial charge in [0.05, 0.1) is 7.11 Å². The summed E-state index contributed by atoms with van der Waals surface area (Å²) in [6.45, 7) is 9.00. The van der Waals surface area contributed by atoms with Crippen LogP contribution in [-0.2, 0) is 9.53 Å². The van der Waals surface area contributed by atoms with Crippen LogP contribution in [0, 0.1) is 5.92 Å². The lowest BCUT2D eigenvalue weighted by Crippen LogP contribution is -2.47. The van der Waals surface area contributed by atoms with Crippen LogP contribution < -0.4 is 5.73 Å². The predicted molar refractivity (Wildman–Crippen MR) is 84.1 cm³/mol. The highest BCUT2D eigenvalue weighted by atomic mass is 16.5. The van der Waals surface area contributed by atoms with Gasteiger partial charge in [0, 0.05) is 32.7 Å². The second kappa shape index (κ2) is 7.56. The van der Waals surface area contributed by atoms with Gasteiger partial charge in [-0.3, -0.25) is 4.79 Å². The Morgan fingerprint density at radius 3 is 2.38 bits per heavy atom. The zero-order valence-electron chi connectivity index (χ0n) is 13.6. The van der Waals surface area contributed by atoms with Crippen LogP contribution in [0.5, 0.6) is 0 Å². The Hall–Kier alpha value is -0.650. The lowest BCUT2D eigenvalue weighted by atomic mass is 9.96. The van der Waals surface area contributed by atoms with Crippen molar-refractivity contribution in [1.82, 2.24) is 9.80 Å². The van der Waals surface area contributed by atoms with Crippen molar-refractivity contribution in [3.63, 3.8) is 0 Å². The largest absolute Gasteiger partial charge is 0.468 e. The van der Waals surface area contributed by atoms with E-state index in [4.69, 9.17) is 10.5 Å². The SMILES string of the molecule is COC(=O)C(C)(N)CCCCN1CCN(CC2CC2)CC1. The minimum atomic E-state index is -0.836. The van der Waals surface area contributed by atoms with Crippen LogP contribution in [0.4, 0.5) is 0 Å². The third-order valence-electron chi connectivity index (χ3n) is 4.75. The quantitative estimate of drug-likeness (QED) is 0.536. The average molecular weight is 297 g/mol. The third kappa shape index (κ3) is 5.57. The Kier molecular flexibility index (Phi) is 6.02. The van der Waals surface area contributed by atoms with Gasteiger partial charge in [0.25, 0.3) is 0 Å². The molecule has 0 aromatic rings. The molecule has 1 atom stereocenters. The molecule has 2 N–H and O–H groups in total. The van der Waals surface area contributed by atoms with Gasteiger partial charge in [0.15, 0.2) is 0 Å². The van der Waals surface area contributed by atoms with Crippen molar-refractivity contribution in [2.45, 2.75) is 44.6 Å². The van der Waals surface area contributed by atoms with E-state index in [0.29, 0.717) is 6.42 Å². The summed E-state index contributed by atoms with van der Waals surface area (Å²) >= 11 is 0. The first-order valence-electron chi connectivity index (χ1n) is 8.33. The molecule has 5 heteroatoms. The highest BCUT2D eigenvalue weighted by molar-refractivity contribution is 5.79. The first kappa shape index (κ1) is 16.7. The van der Waals surface area contributed by atoms with Gasteiger partial charge in [-0.05, 0) is 51.5 Å². The summed E-state index contributed by atoms with van der Waals surface area (Å²) in [5.41, 5.74) is 5.13. The Labute approximate surface area is 128 Å². The van der Waals surface area contributed by atoms with E-state index in [2.05, 4.69) is 9.80 Å². The van der Waals surface area contributed by atoms with E-state index in [1.807, 2.05) is 0 Å². The number of hydrogen-bond donors (Lipinski definition) is 1. The summed E-state index contributed by atoms with van der Waals surface area (Å²) in [5, 5.41) is 0. The number of nitrogens with zero attached hydrogens (tertiary/aromatic N) is 2. The standard InChI is InChI=1S/C16H31N3O2/c1-16(17,15(20)21-2)7-3-4-8-18-9-11-19(12-10-18)13-14-5-6-14/h14H,3-13,17H2,1-2H3. The molecular weight excluding hydrogens is 266 g/mol. The smallest absolute Gasteiger partial charge is 0.325 e. The predicted octanol–water partition coefficient (Wildman–Crippen LogP) is 1.07. The molecule has 0 spiro atoms. The zero-order chi connectivity index (χ0) is 15.3. The third-order valence-corrected chi connectivity index (χ3v) is 4.75. The van der Waals surface area contributed by atoms with Crippen molar-refractivity contribution in [3.05, 3.63) is 0 Å². The lowest BCUT2D eigenvalue weighted by molar-refractivity contribution is -0.146. The molecule has 0 bridgehead atoms. The topological polar surface area (TPSA) is 58.8 Å². The molecule has 1 unspecified atom stereocenters. The van der Waals surface area contributed by atoms with E-state index >= 15 is 0 Å². The van der Waals surface area contributed by atoms with Crippen LogP contribution >= 0.6 is 0 Å². The second-order valence-electron chi connectivity index (χ2n) is 6.95. The number of hydrogen-bond acceptors (Lipinski definition) is 5. The van der Waals surface area contributed by atoms with Crippen molar-refractivity contribution < 1.29 is 9.53 Å². The summed E-state index contributed by atoms with van der Waals surface area (Å²) in [4.78, 5) is 16.6. The molecule has 2 rings (SSSR count). The fraction of sp³-hybridized carbons (Fsp3) is 0.938. The van der Waals surface area contributed by atoms with Crippen LogP contribution in [-0.4, -0.2) is 67.7 Å². The van der Waals surface area contributed by atoms with Crippen molar-refractivity contribution in [2.24, 2.45) is 11.7 Å². The molecule has 1 heterocycles. The summed E-state index contributed by atoms with van der Waals surface area (Å²) in [6, 6.07) is 0. The summed E-state index contributed by atoms with van der Waals surface area (Å²) in [5.74, 6) is 0.688. The van der Waals surface area contributed by atoms with Gasteiger partial charge < -0.3 is 20.3 Å². The van der Waals surface area contributed by atoms with E-state index in [9.17, 15) is 4.79 Å². The van der Waals surface area contributed by atoms with Crippen molar-refractivity contribution in [1.29, 1.82) is 0 Å². The van der Waals surface area contributed by atoms with Crippen LogP contribution in [0.3, 0.4) is 0 Å². The minimum absolute atomic E-state index is 0.309. The molecule has 2 fully saturated rings. The Balaban J connectivity index is 1.54. The highest BCUT2D eigenvalue weighted by Crippen LogP contribution is 2.29. The van der Waals surface area contributed by atoms with Gasteiger partial charge in [-0.2, -0.15) is 0 Å². The normalized spacial score (nSPS) is 23.8. The second-order valence-corrected chi connectivity index (χ2v) is 6.95. The van der Waals surface area contributed by atoms with E-state index < -0.39 is 5.54 Å². The van der Waals surface area contributed by atoms with Gasteiger partial charge in [0.2, 0.25) is 0 Å². The van der Waals surface area contributed by atoms with Crippen LogP contribution in [0.1, 0.15) is 39.0 Å². The zero-order valence-corrected chi connectivity index (χ0v) is 13.6. The highest BCUT2D eigenvalue weighted by Gasteiger charge is 2.29. The van der Waals surface area contributed by atoms with E-state index in [0.717, 1.165) is 25.3 Å². The number of piperazine rings is 1. The molecule has 1 aliphatic carbocycles. The van der Waals surface area contributed by atoms with Gasteiger partial charge in [0.1, 0.15) is 5.54 Å². The number of nitrogens with two attached hydrogens (primary N) is 1. The van der Waals surface area contributed by atoms with Crippen molar-refractivity contribution in [2.75, 3.05) is 46.4 Å². The number of rotatable bonds is 8. The number of carbonyl (C=O) groups excluding carboxylic acids is 1. The van der Waals surface area contributed by atoms with Gasteiger partial charge in [-0.15, -0.1) is 0 Å². The number of esters is 1. The van der Waals surface area contributed by atoms with Gasteiger partial charge in [-0.1, -0.05) is 0 Å². The first-order valence-corrected chi connectivity index (χ1v) is 8.33. The molecule has 122 valence electrons. The number of methoxy groups -OCH3 is 1. The summed E-state index contributed by atoms with van der Waals surface area (Å²) in [6.07, 6.45) is 5.66. The first-order chi connectivity index (χ1) is 10.0. The molecule has 0 aromatic heterocycles. The van der Waals surface area contributed by atoms with Crippen LogP contribution in [0.25, 0.3) is 0 Å². The van der Waals surface area contributed by atoms with Crippen molar-refractivity contribution in [3.8, 4) is 0 Å². The van der Waals surface area contributed by atoms with E-state index in [-0.39, 0.29) is 5.97 Å². The molecule has 0 radical (unpaired) electrons. The molecule has 21 heavy (non-hydrogen) atoms. The molecule has 1 aliphatic heterocycles. The minimum Gasteiger partial charge on any atom is -0.468 e. The van der Waals surface area contributed by atoms with E-state index in [1.165, 1.54) is 52.7 Å². The monoisotopic (exact) mass is 297 g/mol. The fourth-order valence-corrected chi connectivity index (χ4v) is 3.02. The molecule has 2 aliphatic rings. The van der Waals surface area contributed by atoms with E-state index in [1.54, 1.807) is 6.92 Å². The van der Waals surface area contributed by atoms with Gasteiger partial charge in [-0.25, -0.2) is 0 Å². The fourth-order valence-electron chi connectivity index (χ4n) is 3.02. The lowest BCUT2D eigenvalue weighted by Gasteiger charge is -2.34. The Morgan fingerprint density at radius 2 is 1.81 bits per heavy atom. The number of ether oxygens (including phenoxy) is 1. The Bertz CT molecular complexity index is 334.